The second-order valence-electron chi connectivity index (χ2n) is 8.64. The molecule has 1 amide bonds. The molecule has 0 aromatic heterocycles. The average Bonchev–Trinajstić information content (AvgIpc) is 3.54. The lowest BCUT2D eigenvalue weighted by atomic mass is 9.87. The first-order valence-corrected chi connectivity index (χ1v) is 11.1. The molecule has 3 aromatic rings. The number of rotatable bonds is 5. The third-order valence-corrected chi connectivity index (χ3v) is 6.89. The number of benzene rings is 3. The number of hydrogen-bond acceptors (Lipinski definition) is 4. The Morgan fingerprint density at radius 1 is 1.09 bits per heavy atom. The maximum atomic E-state index is 13.8. The van der Waals surface area contributed by atoms with Crippen molar-refractivity contribution in [2.45, 2.75) is 44.3 Å². The highest BCUT2D eigenvalue weighted by Crippen LogP contribution is 2.49. The van der Waals surface area contributed by atoms with Crippen LogP contribution in [0.3, 0.4) is 0 Å². The highest BCUT2D eigenvalue weighted by atomic mass is 35.5. The number of phenols is 1. The van der Waals surface area contributed by atoms with Gasteiger partial charge in [0.2, 0.25) is 5.91 Å². The number of hydrogen-bond donors (Lipinski definition) is 3. The van der Waals surface area contributed by atoms with Crippen molar-refractivity contribution in [3.05, 3.63) is 87.4 Å². The van der Waals surface area contributed by atoms with E-state index in [4.69, 9.17) is 11.6 Å². The Hall–Kier alpha value is -2.86. The molecule has 1 atom stereocenters. The van der Waals surface area contributed by atoms with Gasteiger partial charge in [0, 0.05) is 16.7 Å². The summed E-state index contributed by atoms with van der Waals surface area (Å²) in [5.41, 5.74) is 5.50. The lowest BCUT2D eigenvalue weighted by Crippen LogP contribution is -2.25. The van der Waals surface area contributed by atoms with Crippen molar-refractivity contribution in [1.82, 2.24) is 0 Å². The van der Waals surface area contributed by atoms with E-state index in [1.54, 1.807) is 11.0 Å². The molecule has 1 saturated carbocycles. The highest BCUT2D eigenvalue weighted by molar-refractivity contribution is 6.31. The number of aliphatic hydroxyl groups excluding tert-OH is 1. The van der Waals surface area contributed by atoms with E-state index in [0.29, 0.717) is 23.0 Å². The molecule has 164 valence electrons. The van der Waals surface area contributed by atoms with Gasteiger partial charge in [-0.15, -0.1) is 0 Å². The molecule has 1 unspecified atom stereocenters. The van der Waals surface area contributed by atoms with Crippen molar-refractivity contribution in [3.8, 4) is 5.75 Å². The number of phenolic OH excluding ortho intramolecular Hbond substituents is 1. The predicted octanol–water partition coefficient (Wildman–Crippen LogP) is 5.22. The molecule has 0 radical (unpaired) electrons. The minimum Gasteiger partial charge on any atom is -0.507 e. The van der Waals surface area contributed by atoms with Crippen molar-refractivity contribution < 1.29 is 20.1 Å². The van der Waals surface area contributed by atoms with Gasteiger partial charge in [0.05, 0.1) is 17.3 Å². The predicted molar refractivity (Wildman–Crippen MR) is 123 cm³/mol. The number of carbonyl (C=O) groups excluding carboxylic acids is 1. The van der Waals surface area contributed by atoms with Gasteiger partial charge in [-0.05, 0) is 78.6 Å². The molecule has 5 nitrogen and oxygen atoms in total. The van der Waals surface area contributed by atoms with Crippen LogP contribution in [-0.2, 0) is 11.2 Å². The zero-order valence-electron chi connectivity index (χ0n) is 17.6. The van der Waals surface area contributed by atoms with Crippen LogP contribution in [-0.4, -0.2) is 21.2 Å². The second kappa shape index (κ2) is 7.93. The minimum atomic E-state index is -1.79. The van der Waals surface area contributed by atoms with E-state index in [0.717, 1.165) is 35.2 Å². The standard InChI is InChI=1S/C26H24ClNO4/c1-14-4-2-7-22-24(14)20(13-19-17(15-8-9-15)5-3-6-21(19)27)25(30)28(22)16-10-11-18(26(31)32)23(29)12-16/h2-7,10-12,15,20,26,29,31-32H,8-9,13H2,1H3. The Bertz CT molecular complexity index is 1220. The maximum Gasteiger partial charge on any atom is 0.239 e. The molecule has 6 heteroatoms. The number of aliphatic hydroxyl groups is 2. The van der Waals surface area contributed by atoms with Crippen LogP contribution in [0.1, 0.15) is 58.8 Å². The number of halogens is 1. The normalized spacial score (nSPS) is 17.8. The first-order valence-electron chi connectivity index (χ1n) is 10.8. The molecule has 2 aliphatic rings. The summed E-state index contributed by atoms with van der Waals surface area (Å²) in [6, 6.07) is 16.2. The summed E-state index contributed by atoms with van der Waals surface area (Å²) >= 11 is 6.61. The van der Waals surface area contributed by atoms with Crippen LogP contribution < -0.4 is 4.90 Å². The quantitative estimate of drug-likeness (QED) is 0.466. The Morgan fingerprint density at radius 2 is 1.84 bits per heavy atom. The van der Waals surface area contributed by atoms with Gasteiger partial charge in [0.15, 0.2) is 6.29 Å². The Balaban J connectivity index is 1.59. The van der Waals surface area contributed by atoms with Crippen LogP contribution in [0.25, 0.3) is 0 Å². The molecular formula is C26H24ClNO4. The smallest absolute Gasteiger partial charge is 0.239 e. The van der Waals surface area contributed by atoms with Crippen molar-refractivity contribution >= 4 is 28.9 Å². The Morgan fingerprint density at radius 3 is 2.53 bits per heavy atom. The van der Waals surface area contributed by atoms with E-state index >= 15 is 0 Å². The van der Waals surface area contributed by atoms with E-state index < -0.39 is 12.2 Å². The SMILES string of the molecule is Cc1cccc2c1C(Cc1c(Cl)cccc1C1CC1)C(=O)N2c1ccc(C(O)O)c(O)c1. The van der Waals surface area contributed by atoms with Gasteiger partial charge in [-0.1, -0.05) is 35.9 Å². The number of aromatic hydroxyl groups is 1. The molecule has 0 spiro atoms. The molecule has 0 saturated heterocycles. The lowest BCUT2D eigenvalue weighted by molar-refractivity contribution is -0.118. The number of anilines is 2. The topological polar surface area (TPSA) is 81.0 Å². The number of fused-ring (bicyclic) bond motifs is 1. The van der Waals surface area contributed by atoms with Crippen LogP contribution in [0, 0.1) is 6.92 Å². The van der Waals surface area contributed by atoms with Crippen LogP contribution in [0.15, 0.2) is 54.6 Å². The van der Waals surface area contributed by atoms with Crippen molar-refractivity contribution in [2.24, 2.45) is 0 Å². The van der Waals surface area contributed by atoms with Gasteiger partial charge in [0.25, 0.3) is 0 Å². The van der Waals surface area contributed by atoms with Crippen LogP contribution in [0.5, 0.6) is 5.75 Å². The van der Waals surface area contributed by atoms with E-state index in [9.17, 15) is 20.1 Å². The summed E-state index contributed by atoms with van der Waals surface area (Å²) < 4.78 is 0. The van der Waals surface area contributed by atoms with Gasteiger partial charge in [-0.25, -0.2) is 0 Å². The molecule has 1 aliphatic heterocycles. The summed E-state index contributed by atoms with van der Waals surface area (Å²) in [6.07, 6.45) is 1.02. The second-order valence-corrected chi connectivity index (χ2v) is 9.04. The van der Waals surface area contributed by atoms with Crippen LogP contribution in [0.2, 0.25) is 5.02 Å². The summed E-state index contributed by atoms with van der Waals surface area (Å²) in [7, 11) is 0. The fourth-order valence-electron chi connectivity index (χ4n) is 4.83. The van der Waals surface area contributed by atoms with E-state index in [1.165, 1.54) is 17.7 Å². The summed E-state index contributed by atoms with van der Waals surface area (Å²) in [5, 5.41) is 29.8. The molecule has 1 heterocycles. The largest absolute Gasteiger partial charge is 0.507 e. The number of carbonyl (C=O) groups is 1. The van der Waals surface area contributed by atoms with Crippen LogP contribution >= 0.6 is 11.6 Å². The third kappa shape index (κ3) is 3.47. The maximum absolute atomic E-state index is 13.8. The summed E-state index contributed by atoms with van der Waals surface area (Å²) in [5.74, 6) is -0.242. The zero-order valence-corrected chi connectivity index (χ0v) is 18.4. The molecule has 5 rings (SSSR count). The van der Waals surface area contributed by atoms with Gasteiger partial charge < -0.3 is 15.3 Å². The first-order chi connectivity index (χ1) is 15.4. The van der Waals surface area contributed by atoms with Crippen molar-refractivity contribution in [2.75, 3.05) is 4.90 Å². The molecule has 3 aromatic carbocycles. The Labute approximate surface area is 191 Å². The number of aryl methyl sites for hydroxylation is 1. The zero-order chi connectivity index (χ0) is 22.6. The number of nitrogens with zero attached hydrogens (tertiary/aromatic N) is 1. The molecule has 3 N–H and O–H groups in total. The van der Waals surface area contributed by atoms with Gasteiger partial charge in [-0.3, -0.25) is 9.69 Å². The molecule has 0 bridgehead atoms. The molecular weight excluding hydrogens is 426 g/mol. The fourth-order valence-corrected chi connectivity index (χ4v) is 5.09. The van der Waals surface area contributed by atoms with Crippen molar-refractivity contribution in [3.63, 3.8) is 0 Å². The van der Waals surface area contributed by atoms with E-state index in [-0.39, 0.29) is 17.2 Å². The van der Waals surface area contributed by atoms with Crippen molar-refractivity contribution in [1.29, 1.82) is 0 Å². The average molecular weight is 450 g/mol. The minimum absolute atomic E-state index is 0.00782. The fraction of sp³-hybridized carbons (Fsp3) is 0.269. The molecule has 32 heavy (non-hydrogen) atoms. The molecule has 1 fully saturated rings. The summed E-state index contributed by atoms with van der Waals surface area (Å²) in [6.45, 7) is 2.00. The first kappa shape index (κ1) is 21.0. The van der Waals surface area contributed by atoms with E-state index in [2.05, 4.69) is 6.07 Å². The lowest BCUT2D eigenvalue weighted by Gasteiger charge is -2.20. The Kier molecular flexibility index (Phi) is 5.20. The monoisotopic (exact) mass is 449 g/mol. The third-order valence-electron chi connectivity index (χ3n) is 6.54. The number of amides is 1. The molecule has 1 aliphatic carbocycles. The summed E-state index contributed by atoms with van der Waals surface area (Å²) in [4.78, 5) is 15.4. The van der Waals surface area contributed by atoms with E-state index in [1.807, 2.05) is 37.3 Å². The van der Waals surface area contributed by atoms with Gasteiger partial charge in [0.1, 0.15) is 5.75 Å². The van der Waals surface area contributed by atoms with Gasteiger partial charge >= 0.3 is 0 Å². The van der Waals surface area contributed by atoms with Crippen LogP contribution in [0.4, 0.5) is 11.4 Å². The van der Waals surface area contributed by atoms with Gasteiger partial charge in [-0.2, -0.15) is 0 Å². The highest BCUT2D eigenvalue weighted by Gasteiger charge is 2.40.